The standard InChI is InChI=1S/C26H23ClN2O6/c1-34-22(24(30)29-21-12-6-11-20(27)23(21)25(31)32)13-28-26(33)35-14-19-17-9-4-2-7-15(17)16-8-3-5-10-18(16)19/h2-12,19,22H,13-14H2,1H3,(H,28,33)(H,29,30)(H,31,32). The SMILES string of the molecule is COC(CNC(=O)OCC1c2ccccc2-c2ccccc21)C(=O)Nc1cccc(Cl)c1C(=O)O. The van der Waals surface area contributed by atoms with E-state index in [1.165, 1.54) is 25.3 Å². The van der Waals surface area contributed by atoms with Crippen molar-refractivity contribution in [1.82, 2.24) is 5.32 Å². The summed E-state index contributed by atoms with van der Waals surface area (Å²) in [6.45, 7) is -0.0455. The van der Waals surface area contributed by atoms with Gasteiger partial charge in [-0.3, -0.25) is 4.79 Å². The lowest BCUT2D eigenvalue weighted by Crippen LogP contribution is -2.41. The molecule has 0 fully saturated rings. The molecular weight excluding hydrogens is 472 g/mol. The number of ether oxygens (including phenoxy) is 2. The van der Waals surface area contributed by atoms with Crippen molar-refractivity contribution in [2.24, 2.45) is 0 Å². The highest BCUT2D eigenvalue weighted by Crippen LogP contribution is 2.44. The fourth-order valence-electron chi connectivity index (χ4n) is 4.17. The Bertz CT molecular complexity index is 1230. The van der Waals surface area contributed by atoms with Crippen LogP contribution in [0, 0.1) is 0 Å². The van der Waals surface area contributed by atoms with E-state index in [4.69, 9.17) is 21.1 Å². The van der Waals surface area contributed by atoms with E-state index in [1.54, 1.807) is 0 Å². The molecule has 0 saturated heterocycles. The van der Waals surface area contributed by atoms with Crippen LogP contribution in [0.2, 0.25) is 5.02 Å². The minimum atomic E-state index is -1.28. The number of aromatic carboxylic acids is 1. The molecule has 3 aromatic rings. The van der Waals surface area contributed by atoms with Crippen LogP contribution in [0.15, 0.2) is 66.7 Å². The number of amides is 2. The lowest BCUT2D eigenvalue weighted by atomic mass is 9.98. The first-order valence-electron chi connectivity index (χ1n) is 10.8. The highest BCUT2D eigenvalue weighted by molar-refractivity contribution is 6.34. The molecule has 2 amide bonds. The molecule has 0 heterocycles. The van der Waals surface area contributed by atoms with Gasteiger partial charge in [0.25, 0.3) is 5.91 Å². The zero-order chi connectivity index (χ0) is 24.9. The Hall–Kier alpha value is -3.88. The molecule has 3 aromatic carbocycles. The summed E-state index contributed by atoms with van der Waals surface area (Å²) in [7, 11) is 1.31. The van der Waals surface area contributed by atoms with Crippen LogP contribution in [0.25, 0.3) is 11.1 Å². The first-order valence-corrected chi connectivity index (χ1v) is 11.2. The lowest BCUT2D eigenvalue weighted by molar-refractivity contribution is -0.125. The molecule has 180 valence electrons. The summed E-state index contributed by atoms with van der Waals surface area (Å²) in [5, 5.41) is 14.4. The normalized spacial score (nSPS) is 12.9. The number of carboxylic acids is 1. The molecule has 3 N–H and O–H groups in total. The zero-order valence-corrected chi connectivity index (χ0v) is 19.5. The number of anilines is 1. The second-order valence-corrected chi connectivity index (χ2v) is 8.29. The molecular formula is C26H23ClN2O6. The number of nitrogens with one attached hydrogen (secondary N) is 2. The van der Waals surface area contributed by atoms with Gasteiger partial charge in [-0.05, 0) is 34.4 Å². The van der Waals surface area contributed by atoms with Crippen LogP contribution >= 0.6 is 11.6 Å². The van der Waals surface area contributed by atoms with E-state index in [1.807, 2.05) is 48.5 Å². The van der Waals surface area contributed by atoms with Crippen molar-refractivity contribution < 1.29 is 29.0 Å². The van der Waals surface area contributed by atoms with E-state index in [9.17, 15) is 19.5 Å². The van der Waals surface area contributed by atoms with Crippen molar-refractivity contribution >= 4 is 35.3 Å². The van der Waals surface area contributed by atoms with Gasteiger partial charge in [-0.15, -0.1) is 0 Å². The highest BCUT2D eigenvalue weighted by atomic mass is 35.5. The predicted octanol–water partition coefficient (Wildman–Crippen LogP) is 4.53. The molecule has 1 unspecified atom stereocenters. The van der Waals surface area contributed by atoms with Crippen molar-refractivity contribution in [2.75, 3.05) is 25.6 Å². The molecule has 8 nitrogen and oxygen atoms in total. The smallest absolute Gasteiger partial charge is 0.407 e. The van der Waals surface area contributed by atoms with Crippen LogP contribution < -0.4 is 10.6 Å². The van der Waals surface area contributed by atoms with E-state index in [2.05, 4.69) is 10.6 Å². The summed E-state index contributed by atoms with van der Waals surface area (Å²) in [6, 6.07) is 20.3. The third-order valence-corrected chi connectivity index (χ3v) is 6.15. The molecule has 0 aliphatic heterocycles. The third kappa shape index (κ3) is 5.13. The highest BCUT2D eigenvalue weighted by Gasteiger charge is 2.29. The summed E-state index contributed by atoms with van der Waals surface area (Å²) < 4.78 is 10.6. The van der Waals surface area contributed by atoms with Gasteiger partial charge >= 0.3 is 12.1 Å². The van der Waals surface area contributed by atoms with E-state index in [-0.39, 0.29) is 35.3 Å². The quantitative estimate of drug-likeness (QED) is 0.424. The van der Waals surface area contributed by atoms with Crippen LogP contribution in [-0.4, -0.2) is 49.4 Å². The van der Waals surface area contributed by atoms with E-state index in [0.29, 0.717) is 0 Å². The van der Waals surface area contributed by atoms with Crippen LogP contribution in [0.4, 0.5) is 10.5 Å². The van der Waals surface area contributed by atoms with Gasteiger partial charge in [0.2, 0.25) is 0 Å². The Kier molecular flexibility index (Phi) is 7.33. The van der Waals surface area contributed by atoms with Crippen molar-refractivity contribution in [1.29, 1.82) is 0 Å². The maximum Gasteiger partial charge on any atom is 0.407 e. The Morgan fingerprint density at radius 1 is 0.971 bits per heavy atom. The van der Waals surface area contributed by atoms with E-state index < -0.39 is 24.1 Å². The molecule has 1 aliphatic carbocycles. The molecule has 1 atom stereocenters. The number of rotatable bonds is 8. The maximum absolute atomic E-state index is 12.6. The fourth-order valence-corrected chi connectivity index (χ4v) is 4.42. The van der Waals surface area contributed by atoms with Crippen molar-refractivity contribution in [3.8, 4) is 11.1 Å². The molecule has 0 bridgehead atoms. The number of halogens is 1. The van der Waals surface area contributed by atoms with Crippen LogP contribution in [0.1, 0.15) is 27.4 Å². The van der Waals surface area contributed by atoms with Gasteiger partial charge in [0.1, 0.15) is 12.2 Å². The van der Waals surface area contributed by atoms with Gasteiger partial charge in [0.05, 0.1) is 17.3 Å². The molecule has 4 rings (SSSR count). The molecule has 35 heavy (non-hydrogen) atoms. The second kappa shape index (κ2) is 10.6. The molecule has 9 heteroatoms. The molecule has 0 aromatic heterocycles. The number of alkyl carbamates (subject to hydrolysis) is 1. The number of carboxylic acid groups (broad SMARTS) is 1. The molecule has 0 radical (unpaired) electrons. The molecule has 0 spiro atoms. The predicted molar refractivity (Wildman–Crippen MR) is 131 cm³/mol. The number of hydrogen-bond donors (Lipinski definition) is 3. The molecule has 0 saturated carbocycles. The van der Waals surface area contributed by atoms with Gasteiger partial charge in [-0.1, -0.05) is 66.2 Å². The third-order valence-electron chi connectivity index (χ3n) is 5.84. The Balaban J connectivity index is 1.35. The first-order chi connectivity index (χ1) is 16.9. The van der Waals surface area contributed by atoms with Gasteiger partial charge in [-0.25, -0.2) is 9.59 Å². The zero-order valence-electron chi connectivity index (χ0n) is 18.8. The number of carbonyl (C=O) groups is 3. The minimum Gasteiger partial charge on any atom is -0.478 e. The van der Waals surface area contributed by atoms with Crippen LogP contribution in [0.5, 0.6) is 0 Å². The second-order valence-electron chi connectivity index (χ2n) is 7.89. The van der Waals surface area contributed by atoms with Crippen molar-refractivity contribution in [2.45, 2.75) is 12.0 Å². The average Bonchev–Trinajstić information content (AvgIpc) is 3.16. The Labute approximate surface area is 206 Å². The summed E-state index contributed by atoms with van der Waals surface area (Å²) in [5.74, 6) is -2.01. The Morgan fingerprint density at radius 2 is 1.60 bits per heavy atom. The number of hydrogen-bond acceptors (Lipinski definition) is 5. The van der Waals surface area contributed by atoms with Crippen LogP contribution in [-0.2, 0) is 14.3 Å². The van der Waals surface area contributed by atoms with E-state index in [0.717, 1.165) is 22.3 Å². The number of fused-ring (bicyclic) bond motifs is 3. The van der Waals surface area contributed by atoms with Crippen molar-refractivity contribution in [3.63, 3.8) is 0 Å². The minimum absolute atomic E-state index is 0.0129. The summed E-state index contributed by atoms with van der Waals surface area (Å²) in [5.41, 5.74) is 4.21. The van der Waals surface area contributed by atoms with Crippen LogP contribution in [0.3, 0.4) is 0 Å². The van der Waals surface area contributed by atoms with Gasteiger partial charge in [-0.2, -0.15) is 0 Å². The van der Waals surface area contributed by atoms with Crippen molar-refractivity contribution in [3.05, 3.63) is 88.4 Å². The lowest BCUT2D eigenvalue weighted by Gasteiger charge is -2.18. The monoisotopic (exact) mass is 494 g/mol. The van der Waals surface area contributed by atoms with E-state index >= 15 is 0 Å². The van der Waals surface area contributed by atoms with Gasteiger partial charge in [0, 0.05) is 13.0 Å². The average molecular weight is 495 g/mol. The number of benzene rings is 3. The fraction of sp³-hybridized carbons (Fsp3) is 0.192. The summed E-state index contributed by atoms with van der Waals surface area (Å²) >= 11 is 5.94. The first kappa shape index (κ1) is 24.3. The Morgan fingerprint density at radius 3 is 2.20 bits per heavy atom. The largest absolute Gasteiger partial charge is 0.478 e. The summed E-state index contributed by atoms with van der Waals surface area (Å²) in [6.07, 6.45) is -1.79. The number of carbonyl (C=O) groups excluding carboxylic acids is 2. The summed E-state index contributed by atoms with van der Waals surface area (Å²) in [4.78, 5) is 36.5. The van der Waals surface area contributed by atoms with Gasteiger partial charge in [0.15, 0.2) is 6.10 Å². The topological polar surface area (TPSA) is 114 Å². The maximum atomic E-state index is 12.6. The van der Waals surface area contributed by atoms with Gasteiger partial charge < -0.3 is 25.2 Å². The molecule has 1 aliphatic rings. The number of methoxy groups -OCH3 is 1.